The topological polar surface area (TPSA) is 44.4 Å². The summed E-state index contributed by atoms with van der Waals surface area (Å²) in [6.07, 6.45) is 5.12. The Morgan fingerprint density at radius 3 is 2.50 bits per heavy atom. The monoisotopic (exact) mass is 301 g/mol. The van der Waals surface area contributed by atoms with Crippen LogP contribution < -0.4 is 15.5 Å². The number of hydrogen-bond donors (Lipinski definition) is 2. The van der Waals surface area contributed by atoms with Gasteiger partial charge < -0.3 is 15.5 Å². The molecule has 2 aliphatic rings. The number of amides is 1. The zero-order valence-corrected chi connectivity index (χ0v) is 13.5. The van der Waals surface area contributed by atoms with Crippen LogP contribution in [-0.4, -0.2) is 32.1 Å². The molecule has 1 aromatic rings. The van der Waals surface area contributed by atoms with Crippen molar-refractivity contribution in [3.8, 4) is 0 Å². The van der Waals surface area contributed by atoms with Gasteiger partial charge in [0.1, 0.15) is 0 Å². The van der Waals surface area contributed by atoms with Crippen molar-refractivity contribution in [1.82, 2.24) is 5.32 Å². The first-order valence-electron chi connectivity index (χ1n) is 8.61. The first-order valence-corrected chi connectivity index (χ1v) is 8.61. The lowest BCUT2D eigenvalue weighted by Crippen LogP contribution is -2.48. The summed E-state index contributed by atoms with van der Waals surface area (Å²) in [4.78, 5) is 14.9. The maximum absolute atomic E-state index is 12.5. The molecule has 2 N–H and O–H groups in total. The largest absolute Gasteiger partial charge is 0.370 e. The Hall–Kier alpha value is -1.55. The molecule has 1 atom stereocenters. The van der Waals surface area contributed by atoms with Crippen molar-refractivity contribution in [1.29, 1.82) is 0 Å². The summed E-state index contributed by atoms with van der Waals surface area (Å²) in [5, 5.41) is 6.41. The second-order valence-corrected chi connectivity index (χ2v) is 6.61. The summed E-state index contributed by atoms with van der Waals surface area (Å²) in [7, 11) is 0. The highest BCUT2D eigenvalue weighted by Gasteiger charge is 2.29. The molecule has 1 aromatic carbocycles. The normalized spacial score (nSPS) is 20.9. The van der Waals surface area contributed by atoms with E-state index in [0.717, 1.165) is 31.9 Å². The van der Waals surface area contributed by atoms with Crippen LogP contribution in [-0.2, 0) is 4.79 Å². The van der Waals surface area contributed by atoms with Gasteiger partial charge in [-0.05, 0) is 44.0 Å². The van der Waals surface area contributed by atoms with Crippen LogP contribution in [0.3, 0.4) is 0 Å². The van der Waals surface area contributed by atoms with Crippen LogP contribution >= 0.6 is 0 Å². The van der Waals surface area contributed by atoms with Crippen LogP contribution in [0.1, 0.15) is 32.6 Å². The van der Waals surface area contributed by atoms with Gasteiger partial charge in [0.15, 0.2) is 0 Å². The average Bonchev–Trinajstić information content (AvgIpc) is 2.75. The fourth-order valence-corrected chi connectivity index (χ4v) is 3.29. The summed E-state index contributed by atoms with van der Waals surface area (Å²) < 4.78 is 0. The first-order chi connectivity index (χ1) is 10.8. The van der Waals surface area contributed by atoms with Crippen molar-refractivity contribution in [3.63, 3.8) is 0 Å². The smallest absolute Gasteiger partial charge is 0.227 e. The molecule has 0 spiro atoms. The number of anilines is 2. The summed E-state index contributed by atoms with van der Waals surface area (Å²) in [5.74, 6) is 0.692. The number of nitrogens with one attached hydrogen (secondary N) is 2. The Morgan fingerprint density at radius 2 is 1.86 bits per heavy atom. The number of carbonyl (C=O) groups excluding carboxylic acids is 1. The van der Waals surface area contributed by atoms with Crippen molar-refractivity contribution in [2.24, 2.45) is 11.8 Å². The quantitative estimate of drug-likeness (QED) is 0.899. The molecular weight excluding hydrogens is 274 g/mol. The van der Waals surface area contributed by atoms with E-state index < -0.39 is 0 Å². The van der Waals surface area contributed by atoms with E-state index in [1.54, 1.807) is 0 Å². The molecule has 0 radical (unpaired) electrons. The number of nitrogens with zero attached hydrogens (tertiary/aromatic N) is 1. The van der Waals surface area contributed by atoms with Gasteiger partial charge in [-0.25, -0.2) is 0 Å². The molecule has 4 heteroatoms. The van der Waals surface area contributed by atoms with Crippen LogP contribution in [0.25, 0.3) is 0 Å². The van der Waals surface area contributed by atoms with Gasteiger partial charge in [-0.2, -0.15) is 0 Å². The van der Waals surface area contributed by atoms with Gasteiger partial charge in [0.2, 0.25) is 5.91 Å². The minimum absolute atomic E-state index is 0.0680. The Labute approximate surface area is 133 Å². The molecule has 2 heterocycles. The van der Waals surface area contributed by atoms with Crippen molar-refractivity contribution < 1.29 is 4.79 Å². The lowest BCUT2D eigenvalue weighted by atomic mass is 9.88. The second kappa shape index (κ2) is 7.14. The minimum Gasteiger partial charge on any atom is -0.370 e. The summed E-state index contributed by atoms with van der Waals surface area (Å²) in [5.41, 5.74) is 2.14. The maximum atomic E-state index is 12.5. The van der Waals surface area contributed by atoms with Crippen LogP contribution in [0.5, 0.6) is 0 Å². The molecular formula is C18H27N3O. The number of para-hydroxylation sites is 2. The molecule has 1 unspecified atom stereocenters. The fourth-order valence-electron chi connectivity index (χ4n) is 3.29. The van der Waals surface area contributed by atoms with Gasteiger partial charge in [0.05, 0.1) is 11.4 Å². The van der Waals surface area contributed by atoms with Gasteiger partial charge in [-0.1, -0.05) is 31.9 Å². The zero-order chi connectivity index (χ0) is 15.4. The van der Waals surface area contributed by atoms with E-state index in [4.69, 9.17) is 0 Å². The van der Waals surface area contributed by atoms with E-state index in [9.17, 15) is 4.79 Å². The van der Waals surface area contributed by atoms with E-state index in [1.807, 2.05) is 19.1 Å². The summed E-state index contributed by atoms with van der Waals surface area (Å²) in [6, 6.07) is 8.24. The van der Waals surface area contributed by atoms with Crippen LogP contribution in [0.4, 0.5) is 11.4 Å². The number of hydrogen-bond acceptors (Lipinski definition) is 3. The second-order valence-electron chi connectivity index (χ2n) is 6.61. The number of carbonyl (C=O) groups is 1. The van der Waals surface area contributed by atoms with Gasteiger partial charge in [0.25, 0.3) is 0 Å². The van der Waals surface area contributed by atoms with Crippen LogP contribution in [0, 0.1) is 11.8 Å². The molecule has 0 aromatic heterocycles. The predicted octanol–water partition coefficient (Wildman–Crippen LogP) is 2.86. The molecule has 2 saturated heterocycles. The Kier molecular flexibility index (Phi) is 4.98. The van der Waals surface area contributed by atoms with Gasteiger partial charge in [-0.15, -0.1) is 0 Å². The van der Waals surface area contributed by atoms with Gasteiger partial charge >= 0.3 is 0 Å². The van der Waals surface area contributed by atoms with Crippen LogP contribution in [0.2, 0.25) is 0 Å². The summed E-state index contributed by atoms with van der Waals surface area (Å²) in [6.45, 7) is 6.14. The Balaban J connectivity index is 1.71. The zero-order valence-electron chi connectivity index (χ0n) is 13.5. The highest BCUT2D eigenvalue weighted by molar-refractivity contribution is 5.95. The third kappa shape index (κ3) is 3.43. The van der Waals surface area contributed by atoms with E-state index in [2.05, 4.69) is 27.7 Å². The van der Waals surface area contributed by atoms with E-state index >= 15 is 0 Å². The standard InChI is InChI=1S/C18H27N3O/c1-14(15-12-19-13-15)18(22)20-16-8-4-5-9-17(16)21-10-6-2-3-7-11-21/h4-5,8-9,14-15,19H,2-3,6-7,10-13H2,1H3,(H,20,22). The molecule has 1 amide bonds. The highest BCUT2D eigenvalue weighted by Crippen LogP contribution is 2.29. The Bertz CT molecular complexity index is 505. The van der Waals surface area contributed by atoms with Gasteiger partial charge in [0, 0.05) is 19.0 Å². The number of rotatable bonds is 4. The molecule has 120 valence electrons. The van der Waals surface area contributed by atoms with E-state index in [0.29, 0.717) is 5.92 Å². The van der Waals surface area contributed by atoms with Crippen molar-refractivity contribution >= 4 is 17.3 Å². The maximum Gasteiger partial charge on any atom is 0.227 e. The van der Waals surface area contributed by atoms with Crippen LogP contribution in [0.15, 0.2) is 24.3 Å². The SMILES string of the molecule is CC(C(=O)Nc1ccccc1N1CCCCCC1)C1CNC1. The molecule has 0 saturated carbocycles. The third-order valence-electron chi connectivity index (χ3n) is 5.04. The summed E-state index contributed by atoms with van der Waals surface area (Å²) >= 11 is 0. The fraction of sp³-hybridized carbons (Fsp3) is 0.611. The minimum atomic E-state index is 0.0680. The molecule has 2 fully saturated rings. The molecule has 4 nitrogen and oxygen atoms in total. The van der Waals surface area contributed by atoms with Crippen molar-refractivity contribution in [2.45, 2.75) is 32.6 Å². The highest BCUT2D eigenvalue weighted by atomic mass is 16.1. The third-order valence-corrected chi connectivity index (χ3v) is 5.04. The first kappa shape index (κ1) is 15.3. The molecule has 0 bridgehead atoms. The average molecular weight is 301 g/mol. The van der Waals surface area contributed by atoms with E-state index in [1.165, 1.54) is 31.4 Å². The van der Waals surface area contributed by atoms with Gasteiger partial charge in [-0.3, -0.25) is 4.79 Å². The molecule has 22 heavy (non-hydrogen) atoms. The molecule has 2 aliphatic heterocycles. The molecule has 0 aliphatic carbocycles. The predicted molar refractivity (Wildman–Crippen MR) is 91.3 cm³/mol. The van der Waals surface area contributed by atoms with Crippen molar-refractivity contribution in [3.05, 3.63) is 24.3 Å². The van der Waals surface area contributed by atoms with E-state index in [-0.39, 0.29) is 11.8 Å². The lowest BCUT2D eigenvalue weighted by molar-refractivity contribution is -0.121. The Morgan fingerprint density at radius 1 is 1.18 bits per heavy atom. The lowest BCUT2D eigenvalue weighted by Gasteiger charge is -2.32. The van der Waals surface area contributed by atoms with Crippen molar-refractivity contribution in [2.75, 3.05) is 36.4 Å². The number of benzene rings is 1. The molecule has 3 rings (SSSR count).